The normalized spacial score (nSPS) is 14.3. The zero-order valence-corrected chi connectivity index (χ0v) is 12.5. The highest BCUT2D eigenvalue weighted by Crippen LogP contribution is 2.29. The van der Waals surface area contributed by atoms with Crippen molar-refractivity contribution in [3.63, 3.8) is 0 Å². The second kappa shape index (κ2) is 4.82. The highest BCUT2D eigenvalue weighted by molar-refractivity contribution is 7.90. The summed E-state index contributed by atoms with van der Waals surface area (Å²) in [4.78, 5) is 9.13. The van der Waals surface area contributed by atoms with Gasteiger partial charge < -0.3 is 0 Å². The highest BCUT2D eigenvalue weighted by atomic mass is 35.5. The number of benzene rings is 1. The van der Waals surface area contributed by atoms with Gasteiger partial charge in [-0.25, -0.2) is 18.4 Å². The summed E-state index contributed by atoms with van der Waals surface area (Å²) < 4.78 is 22.9. The van der Waals surface area contributed by atoms with Crippen molar-refractivity contribution in [2.45, 2.75) is 24.2 Å². The minimum atomic E-state index is -3.19. The molecule has 0 bridgehead atoms. The molecule has 0 saturated heterocycles. The molecule has 0 aliphatic heterocycles. The minimum absolute atomic E-state index is 0.286. The first-order valence-corrected chi connectivity index (χ1v) is 8.58. The van der Waals surface area contributed by atoms with Crippen LogP contribution in [0, 0.1) is 0 Å². The minimum Gasteiger partial charge on any atom is -0.233 e. The van der Waals surface area contributed by atoms with E-state index in [2.05, 4.69) is 9.97 Å². The first-order valence-electron chi connectivity index (χ1n) is 6.31. The average molecular weight is 309 g/mol. The molecule has 0 spiro atoms. The number of hydrogen-bond donors (Lipinski definition) is 0. The predicted molar refractivity (Wildman–Crippen MR) is 77.6 cm³/mol. The SMILES string of the molecule is CS(=O)(=O)c1ccc(-c2nc(Cl)c3c(n2)CCC3)cc1. The Morgan fingerprint density at radius 3 is 2.45 bits per heavy atom. The van der Waals surface area contributed by atoms with E-state index >= 15 is 0 Å². The maximum Gasteiger partial charge on any atom is 0.175 e. The molecule has 1 aromatic carbocycles. The standard InChI is InChI=1S/C14H13ClN2O2S/c1-20(18,19)10-7-5-9(6-8-10)14-16-12-4-2-3-11(12)13(15)17-14/h5-8H,2-4H2,1H3. The molecule has 4 nitrogen and oxygen atoms in total. The molecule has 1 aliphatic carbocycles. The van der Waals surface area contributed by atoms with E-state index in [1.165, 1.54) is 6.26 Å². The molecular formula is C14H13ClN2O2S. The van der Waals surface area contributed by atoms with E-state index < -0.39 is 9.84 Å². The molecule has 0 unspecified atom stereocenters. The predicted octanol–water partition coefficient (Wildman–Crippen LogP) is 2.69. The lowest BCUT2D eigenvalue weighted by atomic mass is 10.2. The van der Waals surface area contributed by atoms with Crippen molar-refractivity contribution in [1.29, 1.82) is 0 Å². The van der Waals surface area contributed by atoms with Crippen molar-refractivity contribution in [3.05, 3.63) is 40.7 Å². The monoisotopic (exact) mass is 308 g/mol. The van der Waals surface area contributed by atoms with E-state index in [4.69, 9.17) is 11.6 Å². The number of aryl methyl sites for hydroxylation is 1. The van der Waals surface area contributed by atoms with Crippen LogP contribution in [0.15, 0.2) is 29.2 Å². The van der Waals surface area contributed by atoms with E-state index in [0.717, 1.165) is 36.1 Å². The van der Waals surface area contributed by atoms with Gasteiger partial charge in [-0.1, -0.05) is 11.6 Å². The van der Waals surface area contributed by atoms with Crippen LogP contribution in [0.1, 0.15) is 17.7 Å². The van der Waals surface area contributed by atoms with Crippen LogP contribution < -0.4 is 0 Å². The number of rotatable bonds is 2. The van der Waals surface area contributed by atoms with Crippen molar-refractivity contribution < 1.29 is 8.42 Å². The lowest BCUT2D eigenvalue weighted by Crippen LogP contribution is -1.99. The lowest BCUT2D eigenvalue weighted by molar-refractivity contribution is 0.602. The van der Waals surface area contributed by atoms with Crippen molar-refractivity contribution >= 4 is 21.4 Å². The van der Waals surface area contributed by atoms with Crippen LogP contribution in [-0.2, 0) is 22.7 Å². The molecule has 0 saturated carbocycles. The summed E-state index contributed by atoms with van der Waals surface area (Å²) in [6.45, 7) is 0. The van der Waals surface area contributed by atoms with Crippen LogP contribution in [0.5, 0.6) is 0 Å². The Morgan fingerprint density at radius 1 is 1.10 bits per heavy atom. The Kier molecular flexibility index (Phi) is 3.26. The third-order valence-electron chi connectivity index (χ3n) is 3.42. The summed E-state index contributed by atoms with van der Waals surface area (Å²) in [7, 11) is -3.19. The van der Waals surface area contributed by atoms with Gasteiger partial charge in [0.25, 0.3) is 0 Å². The summed E-state index contributed by atoms with van der Waals surface area (Å²) >= 11 is 6.18. The van der Waals surface area contributed by atoms with E-state index in [9.17, 15) is 8.42 Å². The first kappa shape index (κ1) is 13.5. The molecule has 1 heterocycles. The fourth-order valence-electron chi connectivity index (χ4n) is 2.37. The third kappa shape index (κ3) is 2.43. The summed E-state index contributed by atoms with van der Waals surface area (Å²) in [6, 6.07) is 6.55. The van der Waals surface area contributed by atoms with E-state index in [1.54, 1.807) is 24.3 Å². The molecule has 3 rings (SSSR count). The van der Waals surface area contributed by atoms with E-state index in [-0.39, 0.29) is 4.90 Å². The number of halogens is 1. The van der Waals surface area contributed by atoms with Gasteiger partial charge in [0.15, 0.2) is 15.7 Å². The smallest absolute Gasteiger partial charge is 0.175 e. The lowest BCUT2D eigenvalue weighted by Gasteiger charge is -2.06. The van der Waals surface area contributed by atoms with Crippen LogP contribution in [0.2, 0.25) is 5.15 Å². The Balaban J connectivity index is 2.04. The summed E-state index contributed by atoms with van der Waals surface area (Å²) in [5.41, 5.74) is 2.82. The van der Waals surface area contributed by atoms with E-state index in [1.807, 2.05) is 0 Å². The highest BCUT2D eigenvalue weighted by Gasteiger charge is 2.19. The zero-order valence-electron chi connectivity index (χ0n) is 10.9. The van der Waals surface area contributed by atoms with Crippen LogP contribution in [-0.4, -0.2) is 24.6 Å². The molecule has 2 aromatic rings. The zero-order chi connectivity index (χ0) is 14.3. The molecule has 0 radical (unpaired) electrons. The van der Waals surface area contributed by atoms with Crippen molar-refractivity contribution in [2.75, 3.05) is 6.26 Å². The fourth-order valence-corrected chi connectivity index (χ4v) is 3.28. The number of nitrogens with zero attached hydrogens (tertiary/aromatic N) is 2. The molecule has 6 heteroatoms. The van der Waals surface area contributed by atoms with Crippen molar-refractivity contribution in [3.8, 4) is 11.4 Å². The van der Waals surface area contributed by atoms with Crippen LogP contribution >= 0.6 is 11.6 Å². The second-order valence-corrected chi connectivity index (χ2v) is 7.29. The molecule has 0 atom stereocenters. The van der Waals surface area contributed by atoms with Gasteiger partial charge in [-0.15, -0.1) is 0 Å². The first-order chi connectivity index (χ1) is 9.45. The van der Waals surface area contributed by atoms with Gasteiger partial charge in [-0.3, -0.25) is 0 Å². The third-order valence-corrected chi connectivity index (χ3v) is 4.86. The number of sulfone groups is 1. The van der Waals surface area contributed by atoms with Gasteiger partial charge in [-0.05, 0) is 43.5 Å². The Labute approximate surface area is 122 Å². The molecular weight excluding hydrogens is 296 g/mol. The van der Waals surface area contributed by atoms with Crippen LogP contribution in [0.3, 0.4) is 0 Å². The summed E-state index contributed by atoms with van der Waals surface area (Å²) in [5.74, 6) is 0.552. The second-order valence-electron chi connectivity index (χ2n) is 4.91. The molecule has 0 amide bonds. The molecule has 0 N–H and O–H groups in total. The fraction of sp³-hybridized carbons (Fsp3) is 0.286. The molecule has 104 valence electrons. The molecule has 0 fully saturated rings. The Morgan fingerprint density at radius 2 is 1.80 bits per heavy atom. The topological polar surface area (TPSA) is 59.9 Å². The van der Waals surface area contributed by atoms with Gasteiger partial charge in [0.1, 0.15) is 5.15 Å². The quantitative estimate of drug-likeness (QED) is 0.800. The average Bonchev–Trinajstić information content (AvgIpc) is 2.86. The number of aromatic nitrogens is 2. The van der Waals surface area contributed by atoms with Gasteiger partial charge in [0.2, 0.25) is 0 Å². The van der Waals surface area contributed by atoms with Gasteiger partial charge in [0, 0.05) is 23.1 Å². The van der Waals surface area contributed by atoms with Gasteiger partial charge in [0.05, 0.1) is 4.90 Å². The van der Waals surface area contributed by atoms with Crippen LogP contribution in [0.4, 0.5) is 0 Å². The summed E-state index contributed by atoms with van der Waals surface area (Å²) in [6.07, 6.45) is 4.10. The van der Waals surface area contributed by atoms with Crippen molar-refractivity contribution in [1.82, 2.24) is 9.97 Å². The molecule has 20 heavy (non-hydrogen) atoms. The Hall–Kier alpha value is -1.46. The summed E-state index contributed by atoms with van der Waals surface area (Å²) in [5, 5.41) is 0.509. The number of hydrogen-bond acceptors (Lipinski definition) is 4. The largest absolute Gasteiger partial charge is 0.233 e. The molecule has 1 aromatic heterocycles. The maximum atomic E-state index is 11.4. The van der Waals surface area contributed by atoms with Crippen molar-refractivity contribution in [2.24, 2.45) is 0 Å². The van der Waals surface area contributed by atoms with Crippen LogP contribution in [0.25, 0.3) is 11.4 Å². The number of fused-ring (bicyclic) bond motifs is 1. The molecule has 1 aliphatic rings. The van der Waals surface area contributed by atoms with E-state index in [0.29, 0.717) is 11.0 Å². The van der Waals surface area contributed by atoms with Gasteiger partial charge >= 0.3 is 0 Å². The maximum absolute atomic E-state index is 11.4. The van der Waals surface area contributed by atoms with Gasteiger partial charge in [-0.2, -0.15) is 0 Å². The Bertz CT molecular complexity index is 771.